The third-order valence-electron chi connectivity index (χ3n) is 2.42. The number of nitrogens with zero attached hydrogens (tertiary/aromatic N) is 1. The first kappa shape index (κ1) is 14.7. The molecule has 1 aromatic rings. The Bertz CT molecular complexity index is 432. The maximum Gasteiger partial charge on any atom is 0.230 e. The molecule has 4 nitrogen and oxygen atoms in total. The highest BCUT2D eigenvalue weighted by Gasteiger charge is 2.21. The zero-order valence-electron chi connectivity index (χ0n) is 10.4. The minimum absolute atomic E-state index is 0.0264. The van der Waals surface area contributed by atoms with Crippen molar-refractivity contribution in [1.82, 2.24) is 15.5 Å². The van der Waals surface area contributed by atoms with E-state index in [1.165, 1.54) is 23.1 Å². The van der Waals surface area contributed by atoms with Crippen LogP contribution in [0.4, 0.5) is 0 Å². The van der Waals surface area contributed by atoms with Crippen LogP contribution in [0.1, 0.15) is 27.7 Å². The van der Waals surface area contributed by atoms with Crippen LogP contribution in [-0.2, 0) is 4.79 Å². The molecule has 1 aromatic heterocycles. The van der Waals surface area contributed by atoms with Gasteiger partial charge in [0.05, 0.1) is 5.75 Å². The monoisotopic (exact) mass is 291 g/mol. The zero-order valence-corrected chi connectivity index (χ0v) is 12.8. The zero-order chi connectivity index (χ0) is 13.1. The van der Waals surface area contributed by atoms with Crippen molar-refractivity contribution in [2.45, 2.75) is 38.1 Å². The number of aromatic amines is 1. The number of amides is 1. The molecule has 1 heterocycles. The number of hydrogen-bond donors (Lipinski definition) is 2. The van der Waals surface area contributed by atoms with Crippen molar-refractivity contribution in [2.24, 2.45) is 5.41 Å². The summed E-state index contributed by atoms with van der Waals surface area (Å²) >= 11 is 7.70. The summed E-state index contributed by atoms with van der Waals surface area (Å²) in [6.45, 7) is 8.32. The van der Waals surface area contributed by atoms with E-state index in [1.54, 1.807) is 0 Å². The third-order valence-corrected chi connectivity index (χ3v) is 4.65. The average Bonchev–Trinajstić information content (AvgIpc) is 2.60. The summed E-state index contributed by atoms with van der Waals surface area (Å²) in [4.78, 5) is 11.7. The molecule has 2 N–H and O–H groups in total. The summed E-state index contributed by atoms with van der Waals surface area (Å²) in [7, 11) is 0. The fourth-order valence-electron chi connectivity index (χ4n) is 0.905. The molecule has 17 heavy (non-hydrogen) atoms. The molecule has 0 radical (unpaired) electrons. The lowest BCUT2D eigenvalue weighted by Crippen LogP contribution is -2.42. The lowest BCUT2D eigenvalue weighted by molar-refractivity contribution is -0.119. The molecule has 0 aliphatic heterocycles. The van der Waals surface area contributed by atoms with Crippen molar-refractivity contribution in [3.8, 4) is 0 Å². The molecule has 0 saturated heterocycles. The molecule has 0 aliphatic rings. The van der Waals surface area contributed by atoms with Crippen LogP contribution in [0.2, 0.25) is 0 Å². The smallest absolute Gasteiger partial charge is 0.230 e. The van der Waals surface area contributed by atoms with Gasteiger partial charge in [0, 0.05) is 6.04 Å². The Morgan fingerprint density at radius 1 is 1.65 bits per heavy atom. The molecule has 7 heteroatoms. The fourth-order valence-corrected chi connectivity index (χ4v) is 2.80. The Morgan fingerprint density at radius 3 is 2.76 bits per heavy atom. The molecule has 0 spiro atoms. The largest absolute Gasteiger partial charge is 0.352 e. The van der Waals surface area contributed by atoms with Crippen LogP contribution >= 0.6 is 35.3 Å². The van der Waals surface area contributed by atoms with Gasteiger partial charge in [-0.2, -0.15) is 5.10 Å². The van der Waals surface area contributed by atoms with E-state index < -0.39 is 0 Å². The molecule has 0 fully saturated rings. The molecular formula is C10H17N3OS3. The van der Waals surface area contributed by atoms with E-state index in [4.69, 9.17) is 12.2 Å². The molecule has 0 aromatic carbocycles. The van der Waals surface area contributed by atoms with Crippen LogP contribution in [0.25, 0.3) is 0 Å². The molecule has 1 atom stereocenters. The highest BCUT2D eigenvalue weighted by atomic mass is 32.2. The molecule has 0 bridgehead atoms. The molecule has 0 aliphatic carbocycles. The molecule has 96 valence electrons. The quantitative estimate of drug-likeness (QED) is 0.661. The summed E-state index contributed by atoms with van der Waals surface area (Å²) in [6.07, 6.45) is 0. The Balaban J connectivity index is 2.38. The molecular weight excluding hydrogens is 274 g/mol. The second kappa shape index (κ2) is 5.97. The number of nitrogens with one attached hydrogen (secondary N) is 2. The minimum atomic E-state index is 0.0264. The van der Waals surface area contributed by atoms with Crippen molar-refractivity contribution < 1.29 is 4.79 Å². The molecule has 0 unspecified atom stereocenters. The van der Waals surface area contributed by atoms with Crippen molar-refractivity contribution >= 4 is 41.2 Å². The lowest BCUT2D eigenvalue weighted by Gasteiger charge is -2.27. The molecule has 0 saturated carbocycles. The SMILES string of the molecule is C[C@@H](NC(=O)CSc1n[nH]c(=S)s1)C(C)(C)C. The van der Waals surface area contributed by atoms with Gasteiger partial charge in [0.1, 0.15) is 0 Å². The predicted molar refractivity (Wildman–Crippen MR) is 75.1 cm³/mol. The van der Waals surface area contributed by atoms with Gasteiger partial charge in [-0.3, -0.25) is 9.89 Å². The summed E-state index contributed by atoms with van der Waals surface area (Å²) in [6, 6.07) is 0.146. The Hall–Kier alpha value is -0.400. The van der Waals surface area contributed by atoms with E-state index in [2.05, 4.69) is 36.3 Å². The van der Waals surface area contributed by atoms with E-state index >= 15 is 0 Å². The van der Waals surface area contributed by atoms with Crippen LogP contribution in [0.3, 0.4) is 0 Å². The van der Waals surface area contributed by atoms with Gasteiger partial charge in [-0.15, -0.1) is 0 Å². The van der Waals surface area contributed by atoms with Gasteiger partial charge in [-0.05, 0) is 24.6 Å². The maximum atomic E-state index is 11.7. The van der Waals surface area contributed by atoms with E-state index in [9.17, 15) is 4.79 Å². The van der Waals surface area contributed by atoms with Gasteiger partial charge < -0.3 is 5.32 Å². The predicted octanol–water partition coefficient (Wildman–Crippen LogP) is 2.84. The van der Waals surface area contributed by atoms with Gasteiger partial charge >= 0.3 is 0 Å². The van der Waals surface area contributed by atoms with Gasteiger partial charge in [0.15, 0.2) is 8.29 Å². The molecule has 1 amide bonds. The number of carbonyl (C=O) groups excluding carboxylic acids is 1. The number of carbonyl (C=O) groups is 1. The maximum absolute atomic E-state index is 11.7. The number of rotatable bonds is 4. The van der Waals surface area contributed by atoms with E-state index in [1.807, 2.05) is 6.92 Å². The van der Waals surface area contributed by atoms with Crippen LogP contribution in [0.15, 0.2) is 4.34 Å². The summed E-state index contributed by atoms with van der Waals surface area (Å²) in [5.74, 6) is 0.398. The summed E-state index contributed by atoms with van der Waals surface area (Å²) in [5, 5.41) is 9.65. The van der Waals surface area contributed by atoms with Crippen LogP contribution in [-0.4, -0.2) is 27.9 Å². The molecule has 1 rings (SSSR count). The van der Waals surface area contributed by atoms with Gasteiger partial charge in [-0.1, -0.05) is 43.9 Å². The number of H-pyrrole nitrogens is 1. The van der Waals surface area contributed by atoms with Gasteiger partial charge in [-0.25, -0.2) is 0 Å². The lowest BCUT2D eigenvalue weighted by atomic mass is 9.88. The Kier molecular flexibility index (Phi) is 5.15. The second-order valence-electron chi connectivity index (χ2n) is 4.82. The average molecular weight is 291 g/mol. The highest BCUT2D eigenvalue weighted by molar-refractivity contribution is 8.01. The normalized spacial score (nSPS) is 13.4. The van der Waals surface area contributed by atoms with Crippen molar-refractivity contribution in [3.05, 3.63) is 3.95 Å². The first-order valence-corrected chi connectivity index (χ1v) is 7.48. The first-order valence-electron chi connectivity index (χ1n) is 5.26. The number of thioether (sulfide) groups is 1. The Morgan fingerprint density at radius 2 is 2.29 bits per heavy atom. The first-order chi connectivity index (χ1) is 7.79. The van der Waals surface area contributed by atoms with Crippen LogP contribution in [0.5, 0.6) is 0 Å². The highest BCUT2D eigenvalue weighted by Crippen LogP contribution is 2.21. The second-order valence-corrected chi connectivity index (χ2v) is 7.71. The van der Waals surface area contributed by atoms with E-state index in [0.29, 0.717) is 9.71 Å². The van der Waals surface area contributed by atoms with Crippen LogP contribution < -0.4 is 5.32 Å². The minimum Gasteiger partial charge on any atom is -0.352 e. The van der Waals surface area contributed by atoms with E-state index in [-0.39, 0.29) is 17.4 Å². The standard InChI is InChI=1S/C10H17N3OS3/c1-6(10(2,3)4)11-7(14)5-16-9-13-12-8(15)17-9/h6H,5H2,1-4H3,(H,11,14)(H,12,15)/t6-/m1/s1. The van der Waals surface area contributed by atoms with Crippen molar-refractivity contribution in [3.63, 3.8) is 0 Å². The van der Waals surface area contributed by atoms with Crippen molar-refractivity contribution in [1.29, 1.82) is 0 Å². The summed E-state index contributed by atoms with van der Waals surface area (Å²) in [5.41, 5.74) is 0.0725. The van der Waals surface area contributed by atoms with Crippen LogP contribution in [0, 0.1) is 9.37 Å². The van der Waals surface area contributed by atoms with Crippen molar-refractivity contribution in [2.75, 3.05) is 5.75 Å². The topological polar surface area (TPSA) is 57.8 Å². The van der Waals surface area contributed by atoms with Gasteiger partial charge in [0.2, 0.25) is 5.91 Å². The van der Waals surface area contributed by atoms with E-state index in [0.717, 1.165) is 4.34 Å². The number of aromatic nitrogens is 2. The van der Waals surface area contributed by atoms with Gasteiger partial charge in [0.25, 0.3) is 0 Å². The Labute approximate surface area is 115 Å². The third kappa shape index (κ3) is 5.18. The summed E-state index contributed by atoms with van der Waals surface area (Å²) < 4.78 is 1.43. The fraction of sp³-hybridized carbons (Fsp3) is 0.700. The number of hydrogen-bond acceptors (Lipinski definition) is 5.